The van der Waals surface area contributed by atoms with E-state index in [0.29, 0.717) is 0 Å². The van der Waals surface area contributed by atoms with E-state index >= 15 is 0 Å². The van der Waals surface area contributed by atoms with Gasteiger partial charge in [-0.05, 0) is 25.7 Å². The van der Waals surface area contributed by atoms with E-state index < -0.39 is 5.60 Å². The molecular formula is C15H26O. The topological polar surface area (TPSA) is 20.2 Å². The van der Waals surface area contributed by atoms with Gasteiger partial charge in [0.05, 0.1) is 0 Å². The van der Waals surface area contributed by atoms with Crippen molar-refractivity contribution in [3.05, 3.63) is 0 Å². The summed E-state index contributed by atoms with van der Waals surface area (Å²) >= 11 is 0. The largest absolute Gasteiger partial charge is 0.378 e. The standard InChI is InChI=1S/C15H26O/c1-2-15(16)13-11-9-7-5-3-4-6-8-10-12-14-15/h1,16H,3-14H2. The van der Waals surface area contributed by atoms with Crippen molar-refractivity contribution in [2.24, 2.45) is 0 Å². The monoisotopic (exact) mass is 222 g/mol. The van der Waals surface area contributed by atoms with Crippen LogP contribution in [0, 0.1) is 12.3 Å². The lowest BCUT2D eigenvalue weighted by molar-refractivity contribution is 0.0765. The maximum atomic E-state index is 10.2. The van der Waals surface area contributed by atoms with Crippen molar-refractivity contribution in [1.29, 1.82) is 0 Å². The highest BCUT2D eigenvalue weighted by Gasteiger charge is 2.22. The first-order valence-electron chi connectivity index (χ1n) is 6.97. The van der Waals surface area contributed by atoms with Gasteiger partial charge in [-0.15, -0.1) is 6.42 Å². The van der Waals surface area contributed by atoms with Crippen LogP contribution in [0.1, 0.15) is 77.0 Å². The van der Waals surface area contributed by atoms with Crippen LogP contribution in [0.4, 0.5) is 0 Å². The maximum Gasteiger partial charge on any atom is 0.125 e. The molecule has 0 heterocycles. The molecule has 92 valence electrons. The summed E-state index contributed by atoms with van der Waals surface area (Å²) in [6.45, 7) is 0. The van der Waals surface area contributed by atoms with Crippen LogP contribution in [0.15, 0.2) is 0 Å². The van der Waals surface area contributed by atoms with E-state index in [1.165, 1.54) is 51.4 Å². The van der Waals surface area contributed by atoms with Gasteiger partial charge in [-0.1, -0.05) is 57.3 Å². The van der Waals surface area contributed by atoms with Crippen LogP contribution >= 0.6 is 0 Å². The van der Waals surface area contributed by atoms with Gasteiger partial charge in [0.1, 0.15) is 5.60 Å². The van der Waals surface area contributed by atoms with Crippen molar-refractivity contribution >= 4 is 0 Å². The molecule has 0 aliphatic heterocycles. The molecule has 1 rings (SSSR count). The molecule has 0 bridgehead atoms. The number of aliphatic hydroxyl groups is 1. The van der Waals surface area contributed by atoms with E-state index in [0.717, 1.165) is 25.7 Å². The van der Waals surface area contributed by atoms with Crippen molar-refractivity contribution in [2.45, 2.75) is 82.7 Å². The van der Waals surface area contributed by atoms with Crippen LogP contribution in [0.2, 0.25) is 0 Å². The van der Waals surface area contributed by atoms with Crippen LogP contribution in [-0.4, -0.2) is 10.7 Å². The van der Waals surface area contributed by atoms with Crippen LogP contribution in [-0.2, 0) is 0 Å². The molecule has 0 saturated heterocycles. The van der Waals surface area contributed by atoms with Gasteiger partial charge in [-0.2, -0.15) is 0 Å². The highest BCUT2D eigenvalue weighted by atomic mass is 16.3. The Kier molecular flexibility index (Phi) is 6.57. The summed E-state index contributed by atoms with van der Waals surface area (Å²) in [6.07, 6.45) is 19.8. The normalized spacial score (nSPS) is 24.5. The lowest BCUT2D eigenvalue weighted by Gasteiger charge is -2.21. The van der Waals surface area contributed by atoms with Crippen molar-refractivity contribution in [3.63, 3.8) is 0 Å². The lowest BCUT2D eigenvalue weighted by Crippen LogP contribution is -2.26. The third kappa shape index (κ3) is 5.56. The molecule has 1 nitrogen and oxygen atoms in total. The van der Waals surface area contributed by atoms with Gasteiger partial charge in [0.15, 0.2) is 0 Å². The summed E-state index contributed by atoms with van der Waals surface area (Å²) in [7, 11) is 0. The van der Waals surface area contributed by atoms with E-state index in [4.69, 9.17) is 6.42 Å². The molecule has 1 fully saturated rings. The van der Waals surface area contributed by atoms with Gasteiger partial charge in [-0.25, -0.2) is 0 Å². The first kappa shape index (κ1) is 13.6. The van der Waals surface area contributed by atoms with Crippen molar-refractivity contribution in [2.75, 3.05) is 0 Å². The molecule has 0 aromatic heterocycles. The molecule has 1 aliphatic rings. The Morgan fingerprint density at radius 3 is 1.31 bits per heavy atom. The maximum absolute atomic E-state index is 10.2. The highest BCUT2D eigenvalue weighted by Crippen LogP contribution is 2.23. The summed E-state index contributed by atoms with van der Waals surface area (Å²) in [5.41, 5.74) is -0.811. The minimum atomic E-state index is -0.811. The first-order chi connectivity index (χ1) is 7.77. The molecule has 0 aromatic rings. The second kappa shape index (κ2) is 7.74. The van der Waals surface area contributed by atoms with Crippen molar-refractivity contribution < 1.29 is 5.11 Å². The fourth-order valence-corrected chi connectivity index (χ4v) is 2.52. The van der Waals surface area contributed by atoms with Gasteiger partial charge in [-0.3, -0.25) is 0 Å². The lowest BCUT2D eigenvalue weighted by atomic mass is 9.91. The predicted octanol–water partition coefficient (Wildman–Crippen LogP) is 4.05. The Morgan fingerprint density at radius 2 is 1.00 bits per heavy atom. The van der Waals surface area contributed by atoms with Gasteiger partial charge in [0.25, 0.3) is 0 Å². The quantitative estimate of drug-likeness (QED) is 0.613. The predicted molar refractivity (Wildman–Crippen MR) is 69.2 cm³/mol. The molecule has 1 heteroatoms. The molecule has 0 amide bonds. The summed E-state index contributed by atoms with van der Waals surface area (Å²) in [6, 6.07) is 0. The molecule has 0 aromatic carbocycles. The molecular weight excluding hydrogens is 196 g/mol. The minimum Gasteiger partial charge on any atom is -0.378 e. The van der Waals surface area contributed by atoms with E-state index in [-0.39, 0.29) is 0 Å². The second-order valence-electron chi connectivity index (χ2n) is 5.21. The Balaban J connectivity index is 2.36. The fraction of sp³-hybridized carbons (Fsp3) is 0.867. The molecule has 1 aliphatic carbocycles. The smallest absolute Gasteiger partial charge is 0.125 e. The van der Waals surface area contributed by atoms with Crippen molar-refractivity contribution in [3.8, 4) is 12.3 Å². The molecule has 0 atom stereocenters. The van der Waals surface area contributed by atoms with Gasteiger partial charge >= 0.3 is 0 Å². The SMILES string of the molecule is C#CC1(O)CCCCCCCCCCCC1. The Morgan fingerprint density at radius 1 is 0.688 bits per heavy atom. The summed E-state index contributed by atoms with van der Waals surface area (Å²) in [5.74, 6) is 2.60. The summed E-state index contributed by atoms with van der Waals surface area (Å²) in [4.78, 5) is 0. The molecule has 1 N–H and O–H groups in total. The zero-order chi connectivity index (χ0) is 11.7. The molecule has 16 heavy (non-hydrogen) atoms. The first-order valence-corrected chi connectivity index (χ1v) is 6.97. The number of rotatable bonds is 0. The molecule has 0 spiro atoms. The molecule has 0 radical (unpaired) electrons. The number of terminal acetylenes is 1. The number of hydrogen-bond acceptors (Lipinski definition) is 1. The van der Waals surface area contributed by atoms with Gasteiger partial charge in [0.2, 0.25) is 0 Å². The Labute approximate surface area is 101 Å². The van der Waals surface area contributed by atoms with Crippen LogP contribution in [0.25, 0.3) is 0 Å². The average Bonchev–Trinajstić information content (AvgIpc) is 2.31. The van der Waals surface area contributed by atoms with Crippen LogP contribution in [0.3, 0.4) is 0 Å². The van der Waals surface area contributed by atoms with E-state index in [1.54, 1.807) is 0 Å². The molecule has 1 saturated carbocycles. The van der Waals surface area contributed by atoms with E-state index in [2.05, 4.69) is 5.92 Å². The third-order valence-electron chi connectivity index (χ3n) is 3.70. The van der Waals surface area contributed by atoms with Gasteiger partial charge in [0, 0.05) is 0 Å². The zero-order valence-electron chi connectivity index (χ0n) is 10.5. The van der Waals surface area contributed by atoms with E-state index in [1.807, 2.05) is 0 Å². The van der Waals surface area contributed by atoms with E-state index in [9.17, 15) is 5.11 Å². The molecule has 0 unspecified atom stereocenters. The third-order valence-corrected chi connectivity index (χ3v) is 3.70. The average molecular weight is 222 g/mol. The van der Waals surface area contributed by atoms with Crippen molar-refractivity contribution in [1.82, 2.24) is 0 Å². The minimum absolute atomic E-state index is 0.795. The highest BCUT2D eigenvalue weighted by molar-refractivity contribution is 5.06. The zero-order valence-corrected chi connectivity index (χ0v) is 10.5. The Hall–Kier alpha value is -0.480. The summed E-state index contributed by atoms with van der Waals surface area (Å²) < 4.78 is 0. The van der Waals surface area contributed by atoms with Crippen LogP contribution < -0.4 is 0 Å². The second-order valence-corrected chi connectivity index (χ2v) is 5.21. The number of hydrogen-bond donors (Lipinski definition) is 1. The van der Waals surface area contributed by atoms with Gasteiger partial charge < -0.3 is 5.11 Å². The fourth-order valence-electron chi connectivity index (χ4n) is 2.52. The van der Waals surface area contributed by atoms with Crippen LogP contribution in [0.5, 0.6) is 0 Å². The Bertz CT molecular complexity index is 200. The summed E-state index contributed by atoms with van der Waals surface area (Å²) in [5, 5.41) is 10.2.